The highest BCUT2D eigenvalue weighted by Gasteiger charge is 2.51. The molecule has 0 bridgehead atoms. The van der Waals surface area contributed by atoms with E-state index in [2.05, 4.69) is 58.6 Å². The molecule has 0 heterocycles. The quantitative estimate of drug-likeness (QED) is 0.742. The lowest BCUT2D eigenvalue weighted by Crippen LogP contribution is -2.36. The number of carbonyl (C=O) groups excluding carboxylic acids is 2. The molecule has 0 aliphatic heterocycles. The predicted molar refractivity (Wildman–Crippen MR) is 107 cm³/mol. The van der Waals surface area contributed by atoms with Gasteiger partial charge in [0.05, 0.1) is 5.41 Å². The van der Waals surface area contributed by atoms with Crippen LogP contribution in [0, 0.1) is 13.8 Å². The lowest BCUT2D eigenvalue weighted by Gasteiger charge is -2.17. The monoisotopic (exact) mass is 414 g/mol. The van der Waals surface area contributed by atoms with E-state index in [1.807, 2.05) is 24.3 Å². The molecule has 5 heteroatoms. The third kappa shape index (κ3) is 4.33. The molecule has 1 fully saturated rings. The fourth-order valence-corrected chi connectivity index (χ4v) is 3.50. The molecule has 4 nitrogen and oxygen atoms in total. The van der Waals surface area contributed by atoms with Crippen molar-refractivity contribution >= 4 is 33.4 Å². The van der Waals surface area contributed by atoms with Gasteiger partial charge in [0.25, 0.3) is 0 Å². The van der Waals surface area contributed by atoms with Crippen molar-refractivity contribution in [3.8, 4) is 0 Å². The SMILES string of the molecule is Cc1cc(C)cc(C2(C(=O)NCCC(=O)Nc3ccc(Br)cc3)CC2)c1. The minimum atomic E-state index is -0.404. The first-order valence-electron chi connectivity index (χ1n) is 8.81. The summed E-state index contributed by atoms with van der Waals surface area (Å²) in [6.07, 6.45) is 1.99. The van der Waals surface area contributed by atoms with Crippen molar-refractivity contribution in [2.75, 3.05) is 11.9 Å². The van der Waals surface area contributed by atoms with Gasteiger partial charge in [-0.15, -0.1) is 0 Å². The van der Waals surface area contributed by atoms with Crippen LogP contribution in [0.3, 0.4) is 0 Å². The molecular formula is C21H23BrN2O2. The average Bonchev–Trinajstić information content (AvgIpc) is 3.38. The van der Waals surface area contributed by atoms with Gasteiger partial charge in [-0.2, -0.15) is 0 Å². The smallest absolute Gasteiger partial charge is 0.230 e. The van der Waals surface area contributed by atoms with Crippen molar-refractivity contribution in [2.45, 2.75) is 38.5 Å². The van der Waals surface area contributed by atoms with Crippen molar-refractivity contribution in [2.24, 2.45) is 0 Å². The zero-order valence-electron chi connectivity index (χ0n) is 15.1. The van der Waals surface area contributed by atoms with Crippen LogP contribution in [0.15, 0.2) is 46.9 Å². The highest BCUT2D eigenvalue weighted by Crippen LogP contribution is 2.48. The Kier molecular flexibility index (Phi) is 5.47. The van der Waals surface area contributed by atoms with Crippen molar-refractivity contribution in [1.82, 2.24) is 5.32 Å². The van der Waals surface area contributed by atoms with E-state index in [-0.39, 0.29) is 18.2 Å². The Bertz CT molecular complexity index is 806. The first-order valence-corrected chi connectivity index (χ1v) is 9.61. The van der Waals surface area contributed by atoms with Gasteiger partial charge >= 0.3 is 0 Å². The van der Waals surface area contributed by atoms with Crippen molar-refractivity contribution in [3.63, 3.8) is 0 Å². The molecule has 1 aliphatic carbocycles. The molecule has 1 saturated carbocycles. The van der Waals surface area contributed by atoms with Crippen molar-refractivity contribution in [1.29, 1.82) is 0 Å². The number of amides is 2. The van der Waals surface area contributed by atoms with Crippen LogP contribution >= 0.6 is 15.9 Å². The van der Waals surface area contributed by atoms with E-state index in [0.29, 0.717) is 6.54 Å². The fraction of sp³-hybridized carbons (Fsp3) is 0.333. The van der Waals surface area contributed by atoms with Crippen molar-refractivity contribution < 1.29 is 9.59 Å². The van der Waals surface area contributed by atoms with Crippen molar-refractivity contribution in [3.05, 3.63) is 63.6 Å². The van der Waals surface area contributed by atoms with Gasteiger partial charge in [-0.25, -0.2) is 0 Å². The Labute approximate surface area is 162 Å². The molecule has 0 atom stereocenters. The summed E-state index contributed by atoms with van der Waals surface area (Å²) < 4.78 is 0.962. The molecule has 2 amide bonds. The van der Waals surface area contributed by atoms with E-state index in [4.69, 9.17) is 0 Å². The third-order valence-electron chi connectivity index (χ3n) is 4.72. The number of hydrogen-bond donors (Lipinski definition) is 2. The number of carbonyl (C=O) groups is 2. The third-order valence-corrected chi connectivity index (χ3v) is 5.25. The summed E-state index contributed by atoms with van der Waals surface area (Å²) >= 11 is 3.36. The van der Waals surface area contributed by atoms with Gasteiger partial charge in [0, 0.05) is 23.1 Å². The summed E-state index contributed by atoms with van der Waals surface area (Å²) in [5.74, 6) is -0.0807. The number of nitrogens with one attached hydrogen (secondary N) is 2. The van der Waals surface area contributed by atoms with Gasteiger partial charge in [-0.1, -0.05) is 45.3 Å². The molecule has 0 spiro atoms. The van der Waals surface area contributed by atoms with Gasteiger partial charge in [-0.05, 0) is 56.5 Å². The van der Waals surface area contributed by atoms with Gasteiger partial charge in [-0.3, -0.25) is 9.59 Å². The van der Waals surface area contributed by atoms with Crippen LogP contribution in [-0.2, 0) is 15.0 Å². The van der Waals surface area contributed by atoms with Gasteiger partial charge in [0.1, 0.15) is 0 Å². The average molecular weight is 415 g/mol. The van der Waals surface area contributed by atoms with Crippen LogP contribution in [-0.4, -0.2) is 18.4 Å². The van der Waals surface area contributed by atoms with Gasteiger partial charge < -0.3 is 10.6 Å². The maximum atomic E-state index is 12.7. The normalized spacial score (nSPS) is 14.6. The lowest BCUT2D eigenvalue weighted by molar-refractivity contribution is -0.123. The molecule has 0 aromatic heterocycles. The topological polar surface area (TPSA) is 58.2 Å². The molecule has 2 aromatic carbocycles. The molecule has 26 heavy (non-hydrogen) atoms. The number of rotatable bonds is 6. The fourth-order valence-electron chi connectivity index (χ4n) is 3.24. The Morgan fingerprint density at radius 2 is 1.65 bits per heavy atom. The number of halogens is 1. The maximum Gasteiger partial charge on any atom is 0.230 e. The minimum Gasteiger partial charge on any atom is -0.355 e. The Hall–Kier alpha value is -2.14. The summed E-state index contributed by atoms with van der Waals surface area (Å²) in [4.78, 5) is 24.7. The number of benzene rings is 2. The van der Waals surface area contributed by atoms with Gasteiger partial charge in [0.2, 0.25) is 11.8 Å². The van der Waals surface area contributed by atoms with E-state index in [1.165, 1.54) is 11.1 Å². The standard InChI is InChI=1S/C21H23BrN2O2/c1-14-11-15(2)13-16(12-14)21(8-9-21)20(26)23-10-7-19(25)24-18-5-3-17(22)4-6-18/h3-6,11-13H,7-10H2,1-2H3,(H,23,26)(H,24,25). The summed E-state index contributed by atoms with van der Waals surface area (Å²) in [7, 11) is 0. The van der Waals surface area contributed by atoms with E-state index in [9.17, 15) is 9.59 Å². The molecule has 0 unspecified atom stereocenters. The maximum absolute atomic E-state index is 12.7. The number of hydrogen-bond acceptors (Lipinski definition) is 2. The summed E-state index contributed by atoms with van der Waals surface area (Å²) in [5, 5.41) is 5.77. The molecule has 0 radical (unpaired) electrons. The number of anilines is 1. The van der Waals surface area contributed by atoms with Crippen LogP contribution in [0.5, 0.6) is 0 Å². The second-order valence-corrected chi connectivity index (χ2v) is 7.94. The molecule has 136 valence electrons. The zero-order chi connectivity index (χ0) is 18.7. The minimum absolute atomic E-state index is 0.0268. The van der Waals surface area contributed by atoms with Crippen LogP contribution in [0.1, 0.15) is 36.0 Å². The second-order valence-electron chi connectivity index (χ2n) is 7.02. The largest absolute Gasteiger partial charge is 0.355 e. The van der Waals surface area contributed by atoms with Crippen LogP contribution in [0.25, 0.3) is 0 Å². The Morgan fingerprint density at radius 3 is 2.23 bits per heavy atom. The van der Waals surface area contributed by atoms with Crippen LogP contribution in [0.2, 0.25) is 0 Å². The van der Waals surface area contributed by atoms with E-state index in [1.54, 1.807) is 0 Å². The highest BCUT2D eigenvalue weighted by molar-refractivity contribution is 9.10. The molecule has 2 N–H and O–H groups in total. The predicted octanol–water partition coefficient (Wildman–Crippen LogP) is 4.24. The van der Waals surface area contributed by atoms with E-state index in [0.717, 1.165) is 28.6 Å². The molecule has 3 rings (SSSR count). The van der Waals surface area contributed by atoms with Gasteiger partial charge in [0.15, 0.2) is 0 Å². The molecule has 2 aromatic rings. The summed E-state index contributed by atoms with van der Waals surface area (Å²) in [6, 6.07) is 13.7. The number of aryl methyl sites for hydroxylation is 2. The molecular weight excluding hydrogens is 392 g/mol. The highest BCUT2D eigenvalue weighted by atomic mass is 79.9. The Balaban J connectivity index is 1.52. The first kappa shape index (κ1) is 18.6. The Morgan fingerprint density at radius 1 is 1.04 bits per heavy atom. The molecule has 1 aliphatic rings. The summed E-state index contributed by atoms with van der Waals surface area (Å²) in [5.41, 5.74) is 3.78. The zero-order valence-corrected chi connectivity index (χ0v) is 16.7. The van der Waals surface area contributed by atoms with Crippen LogP contribution in [0.4, 0.5) is 5.69 Å². The first-order chi connectivity index (χ1) is 12.4. The molecule has 0 saturated heterocycles. The van der Waals surface area contributed by atoms with E-state index < -0.39 is 5.41 Å². The van der Waals surface area contributed by atoms with E-state index >= 15 is 0 Å². The summed E-state index contributed by atoms with van der Waals surface area (Å²) in [6.45, 7) is 4.45. The lowest BCUT2D eigenvalue weighted by atomic mass is 9.92. The second kappa shape index (κ2) is 7.62. The van der Waals surface area contributed by atoms with Crippen LogP contribution < -0.4 is 10.6 Å².